The number of aliphatic carboxylic acids is 1. The van der Waals surface area contributed by atoms with Gasteiger partial charge in [-0.05, 0) is 48.2 Å². The van der Waals surface area contributed by atoms with Gasteiger partial charge in [-0.25, -0.2) is 4.79 Å². The van der Waals surface area contributed by atoms with Gasteiger partial charge < -0.3 is 58.1 Å². The van der Waals surface area contributed by atoms with Gasteiger partial charge in [0.2, 0.25) is 35.4 Å². The first-order valence-electron chi connectivity index (χ1n) is 15.6. The normalized spacial score (nSPS) is 16.3. The van der Waals surface area contributed by atoms with Crippen LogP contribution in [0.5, 0.6) is 11.5 Å². The molecule has 0 aliphatic carbocycles. The summed E-state index contributed by atoms with van der Waals surface area (Å²) in [5, 5.41) is 47.5. The number of hydrogen-bond acceptors (Lipinski definition) is 11. The number of rotatable bonds is 17. The summed E-state index contributed by atoms with van der Waals surface area (Å²) in [6, 6.07) is 4.76. The quantitative estimate of drug-likeness (QED) is 0.0778. The van der Waals surface area contributed by atoms with E-state index in [-0.39, 0.29) is 37.3 Å². The lowest BCUT2D eigenvalue weighted by Crippen LogP contribution is -2.58. The number of nitrogens with one attached hydrogen (secondary N) is 4. The molecule has 1 heterocycles. The Morgan fingerprint density at radius 2 is 1.32 bits per heavy atom. The fourth-order valence-corrected chi connectivity index (χ4v) is 5.18. The number of hydrogen-bond donors (Lipinski definition) is 10. The van der Waals surface area contributed by atoms with Crippen molar-refractivity contribution in [2.24, 2.45) is 11.5 Å². The van der Waals surface area contributed by atoms with Crippen molar-refractivity contribution in [3.63, 3.8) is 0 Å². The van der Waals surface area contributed by atoms with Gasteiger partial charge >= 0.3 is 5.97 Å². The van der Waals surface area contributed by atoms with Gasteiger partial charge in [0.15, 0.2) is 0 Å². The number of amides is 6. The maximum Gasteiger partial charge on any atom is 0.326 e. The lowest BCUT2D eigenvalue weighted by molar-refractivity contribution is -0.144. The molecule has 1 saturated heterocycles. The van der Waals surface area contributed by atoms with E-state index in [1.807, 2.05) is 0 Å². The molecule has 0 unspecified atom stereocenters. The van der Waals surface area contributed by atoms with Crippen LogP contribution in [0.4, 0.5) is 0 Å². The Morgan fingerprint density at radius 1 is 0.780 bits per heavy atom. The standard InChI is InChI=1S/C32H41N7O11/c33-21(16-40)28(45)36-23(14-26(34)43)30(47)37-22(12-17-3-7-19(41)8-4-17)29(46)35-15-27(44)39-11-1-2-25(39)31(48)38-24(32(49)50)13-18-5-9-20(42)10-6-18/h3-10,21-25,40-42H,1-2,11-16,33H2,(H2,34,43)(H,35,46)(H,36,45)(H,37,47)(H,38,48)(H,49,50)/t21-,22-,23-,24-,25-/m0/s1. The first kappa shape index (κ1) is 38.7. The summed E-state index contributed by atoms with van der Waals surface area (Å²) in [5.41, 5.74) is 11.7. The van der Waals surface area contributed by atoms with Crippen molar-refractivity contribution in [2.45, 2.75) is 62.3 Å². The van der Waals surface area contributed by atoms with Crippen molar-refractivity contribution >= 4 is 41.4 Å². The van der Waals surface area contributed by atoms with E-state index in [1.165, 1.54) is 53.4 Å². The van der Waals surface area contributed by atoms with Crippen LogP contribution in [-0.4, -0.2) is 117 Å². The number of aliphatic hydroxyl groups is 1. The summed E-state index contributed by atoms with van der Waals surface area (Å²) in [6.07, 6.45) is -0.239. The van der Waals surface area contributed by atoms with Crippen molar-refractivity contribution in [3.8, 4) is 11.5 Å². The van der Waals surface area contributed by atoms with Crippen molar-refractivity contribution in [1.82, 2.24) is 26.2 Å². The van der Waals surface area contributed by atoms with Crippen LogP contribution < -0.4 is 32.7 Å². The minimum Gasteiger partial charge on any atom is -0.508 e. The zero-order chi connectivity index (χ0) is 37.0. The molecule has 12 N–H and O–H groups in total. The molecule has 6 amide bonds. The van der Waals surface area contributed by atoms with Crippen LogP contribution in [0.2, 0.25) is 0 Å². The molecule has 1 aliphatic rings. The maximum atomic E-state index is 13.4. The molecule has 5 atom stereocenters. The van der Waals surface area contributed by atoms with Gasteiger partial charge in [0.1, 0.15) is 41.7 Å². The van der Waals surface area contributed by atoms with Crippen LogP contribution in [0.1, 0.15) is 30.4 Å². The zero-order valence-corrected chi connectivity index (χ0v) is 26.9. The molecular weight excluding hydrogens is 658 g/mol. The number of carbonyl (C=O) groups excluding carboxylic acids is 6. The number of primary amides is 1. The Kier molecular flexibility index (Phi) is 14.0. The molecule has 0 spiro atoms. The number of benzene rings is 2. The highest BCUT2D eigenvalue weighted by atomic mass is 16.4. The Morgan fingerprint density at radius 3 is 1.84 bits per heavy atom. The second-order valence-electron chi connectivity index (χ2n) is 11.7. The first-order chi connectivity index (χ1) is 23.7. The van der Waals surface area contributed by atoms with E-state index in [2.05, 4.69) is 21.3 Å². The Balaban J connectivity index is 1.70. The molecule has 3 rings (SSSR count). The van der Waals surface area contributed by atoms with Gasteiger partial charge in [-0.1, -0.05) is 24.3 Å². The number of aliphatic hydroxyl groups excluding tert-OH is 1. The summed E-state index contributed by atoms with van der Waals surface area (Å²) >= 11 is 0. The molecule has 0 aromatic heterocycles. The third-order valence-corrected chi connectivity index (χ3v) is 7.86. The lowest BCUT2D eigenvalue weighted by atomic mass is 10.0. The number of phenolic OH excluding ortho intramolecular Hbond substituents is 2. The van der Waals surface area contributed by atoms with E-state index in [0.29, 0.717) is 17.5 Å². The second kappa shape index (κ2) is 18.1. The fraction of sp³-hybridized carbons (Fsp3) is 0.406. The molecule has 0 saturated carbocycles. The van der Waals surface area contributed by atoms with Crippen molar-refractivity contribution in [1.29, 1.82) is 0 Å². The average Bonchev–Trinajstić information content (AvgIpc) is 3.58. The van der Waals surface area contributed by atoms with Gasteiger partial charge in [0.05, 0.1) is 19.6 Å². The molecule has 2 aromatic rings. The minimum atomic E-state index is -1.57. The van der Waals surface area contributed by atoms with E-state index in [0.717, 1.165) is 0 Å². The third-order valence-electron chi connectivity index (χ3n) is 7.86. The Hall–Kier alpha value is -5.75. The SMILES string of the molecule is NC(=O)C[C@H](NC(=O)[C@@H](N)CO)C(=O)N[C@@H](Cc1ccc(O)cc1)C(=O)NCC(=O)N1CCC[C@H]1C(=O)N[C@@H](Cc1ccc(O)cc1)C(=O)O. The monoisotopic (exact) mass is 699 g/mol. The number of nitrogens with zero attached hydrogens (tertiary/aromatic N) is 1. The summed E-state index contributed by atoms with van der Waals surface area (Å²) in [5.74, 6) is -6.50. The third kappa shape index (κ3) is 11.4. The predicted molar refractivity (Wildman–Crippen MR) is 174 cm³/mol. The van der Waals surface area contributed by atoms with Gasteiger partial charge in [-0.3, -0.25) is 28.8 Å². The number of aromatic hydroxyl groups is 2. The van der Waals surface area contributed by atoms with E-state index >= 15 is 0 Å². The van der Waals surface area contributed by atoms with Gasteiger partial charge in [0, 0.05) is 19.4 Å². The van der Waals surface area contributed by atoms with Crippen molar-refractivity contribution in [3.05, 3.63) is 59.7 Å². The molecule has 0 radical (unpaired) electrons. The highest BCUT2D eigenvalue weighted by Gasteiger charge is 2.36. The van der Waals surface area contributed by atoms with Crippen LogP contribution in [-0.2, 0) is 46.4 Å². The topological polar surface area (TPSA) is 304 Å². The van der Waals surface area contributed by atoms with Crippen molar-refractivity contribution in [2.75, 3.05) is 19.7 Å². The molecule has 1 aliphatic heterocycles. The van der Waals surface area contributed by atoms with E-state index in [9.17, 15) is 48.9 Å². The Bertz CT molecular complexity index is 1550. The smallest absolute Gasteiger partial charge is 0.326 e. The average molecular weight is 700 g/mol. The molecule has 50 heavy (non-hydrogen) atoms. The minimum absolute atomic E-state index is 0.00821. The molecule has 2 aromatic carbocycles. The molecule has 270 valence electrons. The number of carboxylic acid groups (broad SMARTS) is 1. The van der Waals surface area contributed by atoms with Crippen LogP contribution in [0.15, 0.2) is 48.5 Å². The molecule has 18 heteroatoms. The van der Waals surface area contributed by atoms with Crippen LogP contribution in [0.25, 0.3) is 0 Å². The summed E-state index contributed by atoms with van der Waals surface area (Å²) in [4.78, 5) is 89.9. The second-order valence-corrected chi connectivity index (χ2v) is 11.7. The van der Waals surface area contributed by atoms with E-state index in [4.69, 9.17) is 16.6 Å². The number of nitrogens with two attached hydrogens (primary N) is 2. The van der Waals surface area contributed by atoms with Gasteiger partial charge in [0.25, 0.3) is 0 Å². The zero-order valence-electron chi connectivity index (χ0n) is 26.9. The Labute approximate surface area is 286 Å². The van der Waals surface area contributed by atoms with Gasteiger partial charge in [-0.2, -0.15) is 0 Å². The first-order valence-corrected chi connectivity index (χ1v) is 15.6. The number of carbonyl (C=O) groups is 7. The highest BCUT2D eigenvalue weighted by Crippen LogP contribution is 2.19. The molecule has 0 bridgehead atoms. The van der Waals surface area contributed by atoms with Crippen LogP contribution in [0.3, 0.4) is 0 Å². The van der Waals surface area contributed by atoms with Crippen LogP contribution in [0, 0.1) is 0 Å². The highest BCUT2D eigenvalue weighted by molar-refractivity contribution is 5.97. The fourth-order valence-electron chi connectivity index (χ4n) is 5.18. The molecule has 18 nitrogen and oxygen atoms in total. The summed E-state index contributed by atoms with van der Waals surface area (Å²) < 4.78 is 0. The number of likely N-dealkylation sites (tertiary alicyclic amines) is 1. The summed E-state index contributed by atoms with van der Waals surface area (Å²) in [7, 11) is 0. The predicted octanol–water partition coefficient (Wildman–Crippen LogP) is -3.28. The molecular formula is C32H41N7O11. The summed E-state index contributed by atoms with van der Waals surface area (Å²) in [6.45, 7) is -1.20. The lowest BCUT2D eigenvalue weighted by Gasteiger charge is -2.26. The van der Waals surface area contributed by atoms with Gasteiger partial charge in [-0.15, -0.1) is 0 Å². The number of carboxylic acids is 1. The largest absolute Gasteiger partial charge is 0.508 e. The van der Waals surface area contributed by atoms with E-state index < -0.39 is 91.2 Å². The maximum absolute atomic E-state index is 13.4. The van der Waals surface area contributed by atoms with E-state index in [1.54, 1.807) is 0 Å². The van der Waals surface area contributed by atoms with Crippen molar-refractivity contribution < 1.29 is 54.0 Å². The van der Waals surface area contributed by atoms with Crippen LogP contribution >= 0.6 is 0 Å². The number of phenols is 2. The molecule has 1 fully saturated rings.